The van der Waals surface area contributed by atoms with Gasteiger partial charge in [0, 0.05) is 17.6 Å². The first-order valence-electron chi connectivity index (χ1n) is 6.48. The number of allylic oxidation sites excluding steroid dienone is 6. The Balaban J connectivity index is 2.47. The van der Waals surface area contributed by atoms with E-state index in [0.717, 1.165) is 22.3 Å². The van der Waals surface area contributed by atoms with Crippen molar-refractivity contribution in [2.45, 2.75) is 20.3 Å². The van der Waals surface area contributed by atoms with Crippen LogP contribution in [0.4, 0.5) is 0 Å². The fourth-order valence-electron chi connectivity index (χ4n) is 2.26. The van der Waals surface area contributed by atoms with Crippen LogP contribution in [0.25, 0.3) is 5.57 Å². The standard InChI is InChI=1S/C17H14Cl2O2/c1-10(2)15-9-13(17(19)21)7-8-14(15)11-3-5-12(6-4-11)16(18)20/h3-8H,9H2,1-2H3. The van der Waals surface area contributed by atoms with Crippen molar-refractivity contribution in [3.8, 4) is 0 Å². The van der Waals surface area contributed by atoms with Gasteiger partial charge in [-0.2, -0.15) is 0 Å². The van der Waals surface area contributed by atoms with Gasteiger partial charge in [0.05, 0.1) is 0 Å². The Kier molecular flexibility index (Phi) is 4.81. The zero-order chi connectivity index (χ0) is 15.6. The molecule has 4 heteroatoms. The van der Waals surface area contributed by atoms with Gasteiger partial charge in [0.1, 0.15) is 0 Å². The van der Waals surface area contributed by atoms with Gasteiger partial charge in [-0.1, -0.05) is 29.9 Å². The van der Waals surface area contributed by atoms with Crippen molar-refractivity contribution < 1.29 is 9.59 Å². The minimum absolute atomic E-state index is 0.424. The van der Waals surface area contributed by atoms with Crippen LogP contribution in [0, 0.1) is 0 Å². The van der Waals surface area contributed by atoms with Crippen LogP contribution in [0.15, 0.2) is 53.1 Å². The lowest BCUT2D eigenvalue weighted by Gasteiger charge is -2.19. The van der Waals surface area contributed by atoms with Crippen molar-refractivity contribution in [2.75, 3.05) is 0 Å². The van der Waals surface area contributed by atoms with E-state index in [4.69, 9.17) is 23.2 Å². The summed E-state index contributed by atoms with van der Waals surface area (Å²) in [4.78, 5) is 22.4. The molecule has 0 radical (unpaired) electrons. The lowest BCUT2D eigenvalue weighted by Crippen LogP contribution is -2.04. The van der Waals surface area contributed by atoms with Crippen molar-refractivity contribution in [2.24, 2.45) is 0 Å². The largest absolute Gasteiger partial charge is 0.276 e. The summed E-state index contributed by atoms with van der Waals surface area (Å²) in [5.41, 5.74) is 5.26. The molecular formula is C17H14Cl2O2. The highest BCUT2D eigenvalue weighted by Crippen LogP contribution is 2.35. The summed E-state index contributed by atoms with van der Waals surface area (Å²) in [6, 6.07) is 7.09. The third-order valence-corrected chi connectivity index (χ3v) is 3.88. The molecule has 0 N–H and O–H groups in total. The van der Waals surface area contributed by atoms with E-state index in [2.05, 4.69) is 0 Å². The Morgan fingerprint density at radius 2 is 1.57 bits per heavy atom. The molecule has 21 heavy (non-hydrogen) atoms. The molecule has 0 heterocycles. The van der Waals surface area contributed by atoms with Gasteiger partial charge < -0.3 is 0 Å². The number of rotatable bonds is 3. The topological polar surface area (TPSA) is 34.1 Å². The molecule has 0 spiro atoms. The third kappa shape index (κ3) is 3.52. The summed E-state index contributed by atoms with van der Waals surface area (Å²) in [6.07, 6.45) is 4.16. The molecule has 0 aliphatic heterocycles. The van der Waals surface area contributed by atoms with Crippen LogP contribution in [0.5, 0.6) is 0 Å². The predicted molar refractivity (Wildman–Crippen MR) is 86.5 cm³/mol. The van der Waals surface area contributed by atoms with Gasteiger partial charge in [0.15, 0.2) is 0 Å². The Hall–Kier alpha value is -1.64. The molecule has 0 saturated carbocycles. The molecule has 2 nitrogen and oxygen atoms in total. The van der Waals surface area contributed by atoms with Crippen LogP contribution in [0.3, 0.4) is 0 Å². The number of carbonyl (C=O) groups excluding carboxylic acids is 2. The van der Waals surface area contributed by atoms with Gasteiger partial charge >= 0.3 is 0 Å². The molecule has 0 bridgehead atoms. The fourth-order valence-corrected chi connectivity index (χ4v) is 2.52. The molecule has 0 amide bonds. The van der Waals surface area contributed by atoms with Crippen LogP contribution >= 0.6 is 23.2 Å². The minimum atomic E-state index is -0.475. The molecule has 0 atom stereocenters. The molecule has 0 unspecified atom stereocenters. The summed E-state index contributed by atoms with van der Waals surface area (Å²) in [7, 11) is 0. The number of hydrogen-bond acceptors (Lipinski definition) is 2. The van der Waals surface area contributed by atoms with Gasteiger partial charge in [-0.15, -0.1) is 0 Å². The van der Waals surface area contributed by atoms with Gasteiger partial charge in [0.2, 0.25) is 5.24 Å². The molecule has 108 valence electrons. The molecule has 0 aromatic heterocycles. The Morgan fingerprint density at radius 3 is 2.05 bits per heavy atom. The molecule has 1 aromatic carbocycles. The highest BCUT2D eigenvalue weighted by atomic mass is 35.5. The summed E-state index contributed by atoms with van der Waals surface area (Å²) >= 11 is 11.0. The van der Waals surface area contributed by atoms with E-state index in [0.29, 0.717) is 17.6 Å². The Morgan fingerprint density at radius 1 is 0.952 bits per heavy atom. The van der Waals surface area contributed by atoms with Crippen LogP contribution < -0.4 is 0 Å². The smallest absolute Gasteiger partial charge is 0.252 e. The van der Waals surface area contributed by atoms with Crippen LogP contribution in [0.1, 0.15) is 36.2 Å². The number of hydrogen-bond donors (Lipinski definition) is 0. The molecule has 1 aliphatic rings. The average Bonchev–Trinajstić information content (AvgIpc) is 2.46. The Bertz CT molecular complexity index is 688. The molecule has 2 rings (SSSR count). The summed E-state index contributed by atoms with van der Waals surface area (Å²) in [6.45, 7) is 4.00. The summed E-state index contributed by atoms with van der Waals surface area (Å²) in [5, 5.41) is -0.899. The zero-order valence-electron chi connectivity index (χ0n) is 11.7. The summed E-state index contributed by atoms with van der Waals surface area (Å²) < 4.78 is 0. The number of halogens is 2. The van der Waals surface area contributed by atoms with Crippen LogP contribution in [0.2, 0.25) is 0 Å². The first-order valence-corrected chi connectivity index (χ1v) is 7.23. The fraction of sp³-hybridized carbons (Fsp3) is 0.176. The lowest BCUT2D eigenvalue weighted by molar-refractivity contribution is -0.108. The quantitative estimate of drug-likeness (QED) is 0.744. The average molecular weight is 321 g/mol. The van der Waals surface area contributed by atoms with Crippen molar-refractivity contribution in [3.63, 3.8) is 0 Å². The van der Waals surface area contributed by atoms with Crippen molar-refractivity contribution in [3.05, 3.63) is 64.3 Å². The normalized spacial score (nSPS) is 14.4. The predicted octanol–water partition coefficient (Wildman–Crippen LogP) is 4.88. The van der Waals surface area contributed by atoms with Crippen molar-refractivity contribution in [1.82, 2.24) is 0 Å². The lowest BCUT2D eigenvalue weighted by atomic mass is 9.86. The van der Waals surface area contributed by atoms with Crippen LogP contribution in [-0.4, -0.2) is 10.5 Å². The third-order valence-electron chi connectivity index (χ3n) is 3.42. The van der Waals surface area contributed by atoms with Gasteiger partial charge in [0.25, 0.3) is 5.24 Å². The second kappa shape index (κ2) is 6.42. The maximum Gasteiger partial charge on any atom is 0.252 e. The van der Waals surface area contributed by atoms with E-state index < -0.39 is 10.5 Å². The number of carbonyl (C=O) groups is 2. The van der Waals surface area contributed by atoms with Crippen molar-refractivity contribution in [1.29, 1.82) is 0 Å². The summed E-state index contributed by atoms with van der Waals surface area (Å²) in [5.74, 6) is 0. The van der Waals surface area contributed by atoms with E-state index in [-0.39, 0.29) is 0 Å². The van der Waals surface area contributed by atoms with Gasteiger partial charge in [-0.25, -0.2) is 0 Å². The van der Waals surface area contributed by atoms with E-state index in [1.165, 1.54) is 0 Å². The second-order valence-corrected chi connectivity index (χ2v) is 5.74. The Labute approximate surface area is 133 Å². The molecule has 0 saturated heterocycles. The van der Waals surface area contributed by atoms with Crippen LogP contribution in [-0.2, 0) is 4.79 Å². The van der Waals surface area contributed by atoms with E-state index in [1.54, 1.807) is 18.2 Å². The number of benzene rings is 1. The highest BCUT2D eigenvalue weighted by Gasteiger charge is 2.18. The zero-order valence-corrected chi connectivity index (χ0v) is 13.3. The van der Waals surface area contributed by atoms with E-state index >= 15 is 0 Å². The highest BCUT2D eigenvalue weighted by molar-refractivity contribution is 6.68. The van der Waals surface area contributed by atoms with Crippen molar-refractivity contribution >= 4 is 39.3 Å². The first-order chi connectivity index (χ1) is 9.90. The maximum atomic E-state index is 11.3. The molecule has 0 fully saturated rings. The minimum Gasteiger partial charge on any atom is -0.276 e. The maximum absolute atomic E-state index is 11.3. The first kappa shape index (κ1) is 15.7. The SMILES string of the molecule is CC(C)=C1CC(C(=O)Cl)=CC=C1c1ccc(C(=O)Cl)cc1. The monoisotopic (exact) mass is 320 g/mol. The van der Waals surface area contributed by atoms with Gasteiger partial charge in [-0.3, -0.25) is 9.59 Å². The van der Waals surface area contributed by atoms with Gasteiger partial charge in [-0.05, 0) is 65.9 Å². The molecule has 1 aromatic rings. The van der Waals surface area contributed by atoms with E-state index in [1.807, 2.05) is 32.1 Å². The van der Waals surface area contributed by atoms with E-state index in [9.17, 15) is 9.59 Å². The second-order valence-electron chi connectivity index (χ2n) is 5.05. The molecule has 1 aliphatic carbocycles. The molecular weight excluding hydrogens is 307 g/mol.